The molecule has 0 N–H and O–H groups in total. The van der Waals surface area contributed by atoms with Crippen LogP contribution in [-0.2, 0) is 11.2 Å². The van der Waals surface area contributed by atoms with Crippen LogP contribution in [0.2, 0.25) is 0 Å². The first-order valence-corrected chi connectivity index (χ1v) is 6.67. The Labute approximate surface area is 118 Å². The number of anilines is 1. The Morgan fingerprint density at radius 1 is 1.25 bits per heavy atom. The Bertz CT molecular complexity index is 650. The maximum atomic E-state index is 11.5. The number of hydrogen-bond acceptors (Lipinski definition) is 3. The lowest BCUT2D eigenvalue weighted by atomic mass is 10.0. The Balaban J connectivity index is 1.97. The molecule has 1 amide bonds. The largest absolute Gasteiger partial charge is 0.480 e. The predicted molar refractivity (Wildman–Crippen MR) is 78.0 cm³/mol. The van der Waals surface area contributed by atoms with E-state index in [0.29, 0.717) is 11.6 Å². The summed E-state index contributed by atoms with van der Waals surface area (Å²) in [5.74, 6) is 1.16. The fourth-order valence-electron chi connectivity index (χ4n) is 2.24. The summed E-state index contributed by atoms with van der Waals surface area (Å²) < 4.78 is 5.46. The zero-order valence-electron chi connectivity index (χ0n) is 11.6. The normalized spacial score (nSPS) is 13.9. The average molecular weight is 268 g/mol. The molecule has 0 atom stereocenters. The number of hydrogen-bond donors (Lipinski definition) is 0. The van der Waals surface area contributed by atoms with E-state index in [9.17, 15) is 4.79 Å². The monoisotopic (exact) mass is 268 g/mol. The molecule has 1 aromatic heterocycles. The highest BCUT2D eigenvalue weighted by Crippen LogP contribution is 2.32. The number of benzene rings is 1. The van der Waals surface area contributed by atoms with Crippen molar-refractivity contribution in [1.82, 2.24) is 4.98 Å². The zero-order valence-corrected chi connectivity index (χ0v) is 11.6. The van der Waals surface area contributed by atoms with Crippen molar-refractivity contribution in [3.05, 3.63) is 42.1 Å². The van der Waals surface area contributed by atoms with E-state index in [1.54, 1.807) is 13.2 Å². The van der Waals surface area contributed by atoms with E-state index in [2.05, 4.69) is 36.2 Å². The van der Waals surface area contributed by atoms with Crippen molar-refractivity contribution >= 4 is 11.7 Å². The van der Waals surface area contributed by atoms with Gasteiger partial charge in [0.2, 0.25) is 0 Å². The first kappa shape index (κ1) is 12.7. The van der Waals surface area contributed by atoms with Crippen molar-refractivity contribution < 1.29 is 9.53 Å². The van der Waals surface area contributed by atoms with E-state index in [4.69, 9.17) is 4.74 Å². The molecule has 20 heavy (non-hydrogen) atoms. The van der Waals surface area contributed by atoms with Crippen LogP contribution in [0.5, 0.6) is 5.75 Å². The summed E-state index contributed by atoms with van der Waals surface area (Å²) in [7, 11) is 1.71. The molecule has 2 aromatic rings. The van der Waals surface area contributed by atoms with Gasteiger partial charge < -0.3 is 4.74 Å². The number of nitrogens with zero attached hydrogens (tertiary/aromatic N) is 2. The minimum absolute atomic E-state index is 0.0728. The highest BCUT2D eigenvalue weighted by atomic mass is 16.5. The van der Waals surface area contributed by atoms with Gasteiger partial charge >= 0.3 is 0 Å². The molecule has 0 saturated carbocycles. The van der Waals surface area contributed by atoms with Crippen LogP contribution in [0.25, 0.3) is 11.1 Å². The summed E-state index contributed by atoms with van der Waals surface area (Å²) in [5, 5.41) is 0. The molecule has 102 valence electrons. The summed E-state index contributed by atoms with van der Waals surface area (Å²) in [5.41, 5.74) is 3.40. The molecule has 0 unspecified atom stereocenters. The van der Waals surface area contributed by atoms with Gasteiger partial charge in [-0.1, -0.05) is 31.2 Å². The van der Waals surface area contributed by atoms with Gasteiger partial charge in [0, 0.05) is 18.8 Å². The number of aryl methyl sites for hydroxylation is 1. The third-order valence-electron chi connectivity index (χ3n) is 3.57. The molecule has 3 rings (SSSR count). The van der Waals surface area contributed by atoms with Crippen LogP contribution in [0.3, 0.4) is 0 Å². The van der Waals surface area contributed by atoms with Gasteiger partial charge in [-0.2, -0.15) is 0 Å². The molecule has 0 spiro atoms. The second kappa shape index (κ2) is 4.96. The number of fused-ring (bicyclic) bond motifs is 1. The van der Waals surface area contributed by atoms with Gasteiger partial charge in [-0.25, -0.2) is 4.98 Å². The minimum Gasteiger partial charge on any atom is -0.480 e. The molecule has 4 heteroatoms. The van der Waals surface area contributed by atoms with Gasteiger partial charge in [-0.05, 0) is 23.6 Å². The van der Waals surface area contributed by atoms with Crippen molar-refractivity contribution in [1.29, 1.82) is 0 Å². The van der Waals surface area contributed by atoms with Crippen LogP contribution < -0.4 is 9.64 Å². The van der Waals surface area contributed by atoms with Gasteiger partial charge in [0.15, 0.2) is 18.2 Å². The number of aromatic nitrogens is 1. The van der Waals surface area contributed by atoms with Gasteiger partial charge in [-0.15, -0.1) is 0 Å². The summed E-state index contributed by atoms with van der Waals surface area (Å²) in [6, 6.07) is 10.3. The molecule has 0 aliphatic carbocycles. The number of amides is 1. The first-order valence-electron chi connectivity index (χ1n) is 6.67. The minimum atomic E-state index is -0.0787. The van der Waals surface area contributed by atoms with Crippen LogP contribution >= 0.6 is 0 Å². The van der Waals surface area contributed by atoms with Crippen LogP contribution in [-0.4, -0.2) is 24.5 Å². The molecule has 1 aliphatic heterocycles. The predicted octanol–water partition coefficient (Wildman–Crippen LogP) is 2.67. The van der Waals surface area contributed by atoms with Gasteiger partial charge in [-0.3, -0.25) is 9.69 Å². The van der Waals surface area contributed by atoms with Crippen molar-refractivity contribution in [3.63, 3.8) is 0 Å². The fraction of sp³-hybridized carbons (Fsp3) is 0.250. The highest BCUT2D eigenvalue weighted by molar-refractivity contribution is 5.96. The lowest BCUT2D eigenvalue weighted by molar-refractivity contribution is -0.121. The second-order valence-corrected chi connectivity index (χ2v) is 4.84. The number of likely N-dealkylation sites (N-methyl/N-ethyl adjacent to an activating group) is 1. The van der Waals surface area contributed by atoms with Crippen molar-refractivity contribution in [2.45, 2.75) is 13.3 Å². The summed E-state index contributed by atoms with van der Waals surface area (Å²) in [6.45, 7) is 2.21. The van der Waals surface area contributed by atoms with E-state index in [-0.39, 0.29) is 12.5 Å². The number of pyridine rings is 1. The third kappa shape index (κ3) is 2.13. The number of rotatable bonds is 2. The van der Waals surface area contributed by atoms with Crippen LogP contribution in [0.1, 0.15) is 12.5 Å². The molecule has 0 fully saturated rings. The SMILES string of the molecule is CCc1ccc(-c2cnc3c(c2)OCC(=O)N3C)cc1. The lowest BCUT2D eigenvalue weighted by Gasteiger charge is -2.24. The molecule has 0 radical (unpaired) electrons. The quantitative estimate of drug-likeness (QED) is 0.841. The van der Waals surface area contributed by atoms with Gasteiger partial charge in [0.1, 0.15) is 0 Å². The molecule has 4 nitrogen and oxygen atoms in total. The molecule has 0 bridgehead atoms. The number of carbonyl (C=O) groups is 1. The fourth-order valence-corrected chi connectivity index (χ4v) is 2.24. The van der Waals surface area contributed by atoms with Gasteiger partial charge in [0.05, 0.1) is 0 Å². The van der Waals surface area contributed by atoms with Gasteiger partial charge in [0.25, 0.3) is 5.91 Å². The highest BCUT2D eigenvalue weighted by Gasteiger charge is 2.23. The van der Waals surface area contributed by atoms with E-state index in [1.807, 2.05) is 6.07 Å². The molecule has 0 saturated heterocycles. The first-order chi connectivity index (χ1) is 9.69. The average Bonchev–Trinajstić information content (AvgIpc) is 2.51. The topological polar surface area (TPSA) is 42.4 Å². The Morgan fingerprint density at radius 3 is 2.70 bits per heavy atom. The molecule has 1 aliphatic rings. The van der Waals surface area contributed by atoms with Crippen molar-refractivity contribution in [3.8, 4) is 16.9 Å². The van der Waals surface area contributed by atoms with Crippen molar-refractivity contribution in [2.24, 2.45) is 0 Å². The standard InChI is InChI=1S/C16H16N2O2/c1-3-11-4-6-12(7-5-11)13-8-14-16(17-9-13)18(2)15(19)10-20-14/h4-9H,3,10H2,1-2H3. The number of carbonyl (C=O) groups excluding carboxylic acids is 1. The third-order valence-corrected chi connectivity index (χ3v) is 3.57. The van der Waals surface area contributed by atoms with Crippen LogP contribution in [0.4, 0.5) is 5.82 Å². The molecular weight excluding hydrogens is 252 g/mol. The second-order valence-electron chi connectivity index (χ2n) is 4.84. The summed E-state index contributed by atoms with van der Waals surface area (Å²) >= 11 is 0. The van der Waals surface area contributed by atoms with Crippen LogP contribution in [0.15, 0.2) is 36.5 Å². The van der Waals surface area contributed by atoms with Crippen molar-refractivity contribution in [2.75, 3.05) is 18.6 Å². The zero-order chi connectivity index (χ0) is 14.1. The van der Waals surface area contributed by atoms with E-state index < -0.39 is 0 Å². The van der Waals surface area contributed by atoms with E-state index in [1.165, 1.54) is 10.5 Å². The smallest absolute Gasteiger partial charge is 0.265 e. The molecule has 2 heterocycles. The summed E-state index contributed by atoms with van der Waals surface area (Å²) in [4.78, 5) is 17.4. The maximum Gasteiger partial charge on any atom is 0.265 e. The Hall–Kier alpha value is -2.36. The summed E-state index contributed by atoms with van der Waals surface area (Å²) in [6.07, 6.45) is 2.80. The lowest BCUT2D eigenvalue weighted by Crippen LogP contribution is -2.36. The Morgan fingerprint density at radius 2 is 2.00 bits per heavy atom. The molecule has 1 aromatic carbocycles. The van der Waals surface area contributed by atoms with E-state index >= 15 is 0 Å². The maximum absolute atomic E-state index is 11.5. The number of ether oxygens (including phenoxy) is 1. The molecular formula is C16H16N2O2. The van der Waals surface area contributed by atoms with E-state index in [0.717, 1.165) is 17.5 Å². The Kier molecular flexibility index (Phi) is 3.14. The van der Waals surface area contributed by atoms with Crippen LogP contribution in [0, 0.1) is 0 Å².